The number of aromatic hydroxyl groups is 1. The molecule has 2 aromatic rings. The molecule has 0 aromatic heterocycles. The number of benzene rings is 2. The summed E-state index contributed by atoms with van der Waals surface area (Å²) in [5.41, 5.74) is 1.55. The van der Waals surface area contributed by atoms with E-state index in [2.05, 4.69) is 0 Å². The van der Waals surface area contributed by atoms with Crippen LogP contribution < -0.4 is 23.7 Å². The zero-order valence-corrected chi connectivity index (χ0v) is 23.1. The molecule has 3 aliphatic rings. The summed E-state index contributed by atoms with van der Waals surface area (Å²) < 4.78 is 45.7. The number of hydrogen-bond donors (Lipinski definition) is 5. The molecule has 0 saturated carbocycles. The highest BCUT2D eigenvalue weighted by Gasteiger charge is 2.49. The lowest BCUT2D eigenvalue weighted by Crippen LogP contribution is -2.60. The van der Waals surface area contributed by atoms with Gasteiger partial charge in [-0.15, -0.1) is 0 Å². The Balaban J connectivity index is 1.40. The van der Waals surface area contributed by atoms with Crippen LogP contribution >= 0.6 is 0 Å². The van der Waals surface area contributed by atoms with E-state index in [1.165, 1.54) is 28.4 Å². The lowest BCUT2D eigenvalue weighted by atomic mass is 9.84. The lowest BCUT2D eigenvalue weighted by molar-refractivity contribution is -0.277. The van der Waals surface area contributed by atoms with Gasteiger partial charge in [-0.2, -0.15) is 0 Å². The number of phenolic OH excluding ortho intramolecular Hbond substituents is 1. The van der Waals surface area contributed by atoms with Gasteiger partial charge in [-0.3, -0.25) is 0 Å². The summed E-state index contributed by atoms with van der Waals surface area (Å²) in [6, 6.07) is 6.93. The Morgan fingerprint density at radius 2 is 1.17 bits per heavy atom. The van der Waals surface area contributed by atoms with Crippen molar-refractivity contribution in [2.45, 2.75) is 42.9 Å². The zero-order valence-electron chi connectivity index (χ0n) is 23.1. The van der Waals surface area contributed by atoms with Crippen LogP contribution in [0.5, 0.6) is 34.5 Å². The van der Waals surface area contributed by atoms with E-state index < -0.39 is 37.3 Å². The Labute approximate surface area is 236 Å². The molecule has 3 heterocycles. The van der Waals surface area contributed by atoms with Crippen molar-refractivity contribution in [3.05, 3.63) is 35.4 Å². The van der Waals surface area contributed by atoms with Crippen molar-refractivity contribution in [1.82, 2.24) is 0 Å². The van der Waals surface area contributed by atoms with Gasteiger partial charge in [-0.05, 0) is 35.4 Å². The van der Waals surface area contributed by atoms with Gasteiger partial charge in [0.05, 0.1) is 60.5 Å². The molecule has 0 radical (unpaired) electrons. The number of fused-ring (bicyclic) bond motifs is 1. The highest BCUT2D eigenvalue weighted by Crippen LogP contribution is 2.53. The van der Waals surface area contributed by atoms with Crippen LogP contribution in [0.25, 0.3) is 0 Å². The maximum atomic E-state index is 10.5. The molecule has 0 bridgehead atoms. The fourth-order valence-electron chi connectivity index (χ4n) is 5.77. The quantitative estimate of drug-likeness (QED) is 0.280. The van der Waals surface area contributed by atoms with E-state index in [0.717, 1.165) is 11.1 Å². The van der Waals surface area contributed by atoms with E-state index >= 15 is 0 Å². The Morgan fingerprint density at radius 3 is 1.61 bits per heavy atom. The molecule has 3 saturated heterocycles. The average Bonchev–Trinajstić information content (AvgIpc) is 3.60. The van der Waals surface area contributed by atoms with Crippen molar-refractivity contribution in [1.29, 1.82) is 0 Å². The van der Waals surface area contributed by atoms with Crippen LogP contribution in [0.15, 0.2) is 24.3 Å². The van der Waals surface area contributed by atoms with Crippen molar-refractivity contribution < 1.29 is 63.4 Å². The maximum Gasteiger partial charge on any atom is 0.229 e. The Bertz CT molecular complexity index is 1170. The first kappa shape index (κ1) is 29.5. The average molecular weight is 581 g/mol. The minimum atomic E-state index is -1.61. The number of phenols is 1. The van der Waals surface area contributed by atoms with Crippen LogP contribution in [0, 0.1) is 11.8 Å². The van der Waals surface area contributed by atoms with Crippen LogP contribution in [0.4, 0.5) is 0 Å². The molecule has 13 heteroatoms. The fraction of sp³-hybridized carbons (Fsp3) is 0.571. The van der Waals surface area contributed by atoms with Crippen LogP contribution in [-0.4, -0.2) is 104 Å². The van der Waals surface area contributed by atoms with E-state index in [0.29, 0.717) is 13.2 Å². The summed E-state index contributed by atoms with van der Waals surface area (Å²) >= 11 is 0. The van der Waals surface area contributed by atoms with Crippen molar-refractivity contribution in [2.75, 3.05) is 48.3 Å². The SMILES string of the molecule is COc1cc([C@@H]2OC[C@@H]3[C@H]2CO[C@H]3c2cc(OC)c(O[C@H]3O[C@@H](CO)[C@H](O)[C@@H](O)[C@@H]3O)c(OC)c2)cc(OC)c1O. The molecule has 3 fully saturated rings. The van der Waals surface area contributed by atoms with Gasteiger partial charge in [-0.1, -0.05) is 0 Å². The second-order valence-electron chi connectivity index (χ2n) is 10.2. The van der Waals surface area contributed by atoms with E-state index in [1.807, 2.05) is 0 Å². The molecule has 41 heavy (non-hydrogen) atoms. The Hall–Kier alpha value is -3.04. The fourth-order valence-corrected chi connectivity index (χ4v) is 5.77. The molecule has 0 aliphatic carbocycles. The topological polar surface area (TPSA) is 175 Å². The highest BCUT2D eigenvalue weighted by molar-refractivity contribution is 5.55. The standard InChI is InChI=1S/C28H36O13/c1-34-16-5-12(6-17(35-2)21(16)30)25-14-10-39-26(15(14)11-38-25)13-7-18(36-3)27(19(8-13)37-4)41-28-24(33)23(32)22(31)20(9-29)40-28/h5-8,14-15,20,22-26,28-33H,9-11H2,1-4H3/t14-,15-,20+,22+,23-,24+,25+,26+,28-/m1/s1. The van der Waals surface area contributed by atoms with Crippen LogP contribution in [0.3, 0.4) is 0 Å². The molecule has 3 aliphatic heterocycles. The Kier molecular flexibility index (Phi) is 8.66. The molecule has 226 valence electrons. The van der Waals surface area contributed by atoms with Crippen LogP contribution in [0.2, 0.25) is 0 Å². The maximum absolute atomic E-state index is 10.5. The monoisotopic (exact) mass is 580 g/mol. The van der Waals surface area contributed by atoms with Gasteiger partial charge in [0.25, 0.3) is 0 Å². The number of rotatable bonds is 9. The van der Waals surface area contributed by atoms with Crippen molar-refractivity contribution >= 4 is 0 Å². The summed E-state index contributed by atoms with van der Waals surface area (Å²) in [4.78, 5) is 0. The molecule has 2 aromatic carbocycles. The third-order valence-electron chi connectivity index (χ3n) is 7.99. The van der Waals surface area contributed by atoms with Gasteiger partial charge < -0.3 is 63.4 Å². The first-order valence-electron chi connectivity index (χ1n) is 13.2. The number of aliphatic hydroxyl groups is 4. The summed E-state index contributed by atoms with van der Waals surface area (Å²) in [6.45, 7) is 0.241. The predicted molar refractivity (Wildman–Crippen MR) is 140 cm³/mol. The normalized spacial score (nSPS) is 32.8. The van der Waals surface area contributed by atoms with Crippen molar-refractivity contribution in [2.24, 2.45) is 11.8 Å². The number of aliphatic hydroxyl groups excluding tert-OH is 4. The molecule has 13 nitrogen and oxygen atoms in total. The molecule has 5 rings (SSSR count). The van der Waals surface area contributed by atoms with Gasteiger partial charge in [0.2, 0.25) is 17.8 Å². The minimum Gasteiger partial charge on any atom is -0.502 e. The number of ether oxygens (including phenoxy) is 8. The second kappa shape index (κ2) is 12.1. The molecule has 0 amide bonds. The predicted octanol–water partition coefficient (Wildman–Crippen LogP) is 0.680. The summed E-state index contributed by atoms with van der Waals surface area (Å²) in [6.07, 6.45) is -7.96. The van der Waals surface area contributed by atoms with Crippen molar-refractivity contribution in [3.63, 3.8) is 0 Å². The molecule has 0 unspecified atom stereocenters. The van der Waals surface area contributed by atoms with Gasteiger partial charge in [0, 0.05) is 11.8 Å². The molecule has 9 atom stereocenters. The first-order chi connectivity index (χ1) is 19.8. The Morgan fingerprint density at radius 1 is 0.707 bits per heavy atom. The van der Waals surface area contributed by atoms with E-state index in [-0.39, 0.29) is 58.5 Å². The van der Waals surface area contributed by atoms with Crippen LogP contribution in [-0.2, 0) is 14.2 Å². The molecule has 0 spiro atoms. The minimum absolute atomic E-state index is 0.000914. The number of hydrogen-bond acceptors (Lipinski definition) is 13. The van der Waals surface area contributed by atoms with E-state index in [4.69, 9.17) is 37.9 Å². The van der Waals surface area contributed by atoms with E-state index in [9.17, 15) is 25.5 Å². The smallest absolute Gasteiger partial charge is 0.229 e. The largest absolute Gasteiger partial charge is 0.502 e. The zero-order chi connectivity index (χ0) is 29.4. The lowest BCUT2D eigenvalue weighted by Gasteiger charge is -2.39. The highest BCUT2D eigenvalue weighted by atomic mass is 16.7. The van der Waals surface area contributed by atoms with E-state index in [1.54, 1.807) is 24.3 Å². The number of methoxy groups -OCH3 is 4. The van der Waals surface area contributed by atoms with Gasteiger partial charge in [0.1, 0.15) is 24.4 Å². The summed E-state index contributed by atoms with van der Waals surface area (Å²) in [7, 11) is 5.82. The van der Waals surface area contributed by atoms with Gasteiger partial charge >= 0.3 is 0 Å². The molecular weight excluding hydrogens is 544 g/mol. The van der Waals surface area contributed by atoms with Gasteiger partial charge in [0.15, 0.2) is 23.0 Å². The molecular formula is C28H36O13. The summed E-state index contributed by atoms with van der Waals surface area (Å²) in [5.74, 6) is 1.08. The second-order valence-corrected chi connectivity index (χ2v) is 10.2. The summed E-state index contributed by atoms with van der Waals surface area (Å²) in [5, 5.41) is 50.5. The first-order valence-corrected chi connectivity index (χ1v) is 13.2. The van der Waals surface area contributed by atoms with Crippen molar-refractivity contribution in [3.8, 4) is 34.5 Å². The van der Waals surface area contributed by atoms with Crippen LogP contribution in [0.1, 0.15) is 23.3 Å². The third-order valence-corrected chi connectivity index (χ3v) is 7.99. The third kappa shape index (κ3) is 5.23. The van der Waals surface area contributed by atoms with Gasteiger partial charge in [-0.25, -0.2) is 0 Å². The molecule has 5 N–H and O–H groups in total.